The van der Waals surface area contributed by atoms with Crippen LogP contribution in [0.1, 0.15) is 56.1 Å². The van der Waals surface area contributed by atoms with E-state index in [1.807, 2.05) is 0 Å². The molecule has 0 amide bonds. The fourth-order valence-electron chi connectivity index (χ4n) is 3.88. The molecule has 3 aliphatic carbocycles. The van der Waals surface area contributed by atoms with E-state index in [4.69, 9.17) is 0 Å². The summed E-state index contributed by atoms with van der Waals surface area (Å²) < 4.78 is 0. The minimum absolute atomic E-state index is 0. The molecule has 0 spiro atoms. The van der Waals surface area contributed by atoms with Gasteiger partial charge < -0.3 is 0 Å². The second-order valence-electron chi connectivity index (χ2n) is 6.04. The minimum Gasteiger partial charge on any atom is -0.0795 e. The van der Waals surface area contributed by atoms with Crippen LogP contribution in [-0.2, 0) is 6.42 Å². The van der Waals surface area contributed by atoms with Crippen molar-refractivity contribution in [2.75, 3.05) is 0 Å². The Hall–Kier alpha value is -0.443. The third kappa shape index (κ3) is 3.77. The smallest absolute Gasteiger partial charge is 0.0795 e. The monoisotopic (exact) mass is 247 g/mol. The van der Waals surface area contributed by atoms with Crippen LogP contribution in [0.15, 0.2) is 30.3 Å². The SMILES string of the molecule is C1=Cc2ccccc2C1.C1CCC2CCCC2C1.[Li+]. The van der Waals surface area contributed by atoms with Crippen LogP contribution in [0.25, 0.3) is 6.08 Å². The Bertz CT molecular complexity index is 409. The quantitative estimate of drug-likeness (QED) is 0.617. The molecule has 0 heterocycles. The zero-order valence-corrected chi connectivity index (χ0v) is 12.3. The molecule has 0 saturated heterocycles. The predicted molar refractivity (Wildman–Crippen MR) is 78.5 cm³/mol. The van der Waals surface area contributed by atoms with Gasteiger partial charge in [-0.25, -0.2) is 0 Å². The van der Waals surface area contributed by atoms with Crippen molar-refractivity contribution in [3.05, 3.63) is 41.5 Å². The maximum atomic E-state index is 2.20. The van der Waals surface area contributed by atoms with Crippen LogP contribution in [-0.4, -0.2) is 0 Å². The molecule has 96 valence electrons. The van der Waals surface area contributed by atoms with Gasteiger partial charge in [0.25, 0.3) is 0 Å². The molecular weight excluding hydrogens is 223 g/mol. The van der Waals surface area contributed by atoms with Crippen LogP contribution < -0.4 is 18.9 Å². The van der Waals surface area contributed by atoms with Gasteiger partial charge in [0.05, 0.1) is 0 Å². The fourth-order valence-corrected chi connectivity index (χ4v) is 3.88. The average molecular weight is 247 g/mol. The van der Waals surface area contributed by atoms with Crippen molar-refractivity contribution in [3.8, 4) is 0 Å². The van der Waals surface area contributed by atoms with E-state index in [0.29, 0.717) is 0 Å². The maximum absolute atomic E-state index is 2.20. The molecule has 1 aromatic carbocycles. The molecule has 0 radical (unpaired) electrons. The zero-order valence-electron chi connectivity index (χ0n) is 12.3. The van der Waals surface area contributed by atoms with Gasteiger partial charge in [0.1, 0.15) is 0 Å². The Kier molecular flexibility index (Phi) is 5.80. The Morgan fingerprint density at radius 3 is 2.11 bits per heavy atom. The van der Waals surface area contributed by atoms with Crippen LogP contribution >= 0.6 is 0 Å². The topological polar surface area (TPSA) is 0 Å². The van der Waals surface area contributed by atoms with Crippen LogP contribution in [0.5, 0.6) is 0 Å². The number of benzene rings is 1. The molecule has 0 aliphatic heterocycles. The van der Waals surface area contributed by atoms with E-state index >= 15 is 0 Å². The summed E-state index contributed by atoms with van der Waals surface area (Å²) in [6.45, 7) is 0. The van der Waals surface area contributed by atoms with E-state index in [-0.39, 0.29) is 18.9 Å². The van der Waals surface area contributed by atoms with Gasteiger partial charge >= 0.3 is 18.9 Å². The summed E-state index contributed by atoms with van der Waals surface area (Å²) in [5, 5.41) is 0. The molecular formula is C18H24Li+. The van der Waals surface area contributed by atoms with Crippen LogP contribution in [0, 0.1) is 11.8 Å². The Labute approximate surface area is 129 Å². The Balaban J connectivity index is 0.000000133. The van der Waals surface area contributed by atoms with E-state index in [1.165, 1.54) is 42.2 Å². The molecule has 2 atom stereocenters. The number of allylic oxidation sites excluding steroid dienone is 1. The second-order valence-corrected chi connectivity index (χ2v) is 6.04. The van der Waals surface area contributed by atoms with Crippen molar-refractivity contribution in [1.29, 1.82) is 0 Å². The third-order valence-corrected chi connectivity index (χ3v) is 4.91. The average Bonchev–Trinajstić information content (AvgIpc) is 3.08. The first-order chi connectivity index (χ1) is 8.93. The Morgan fingerprint density at radius 2 is 1.42 bits per heavy atom. The predicted octanol–water partition coefficient (Wildman–Crippen LogP) is 2.24. The summed E-state index contributed by atoms with van der Waals surface area (Å²) >= 11 is 0. The van der Waals surface area contributed by atoms with E-state index < -0.39 is 0 Å². The van der Waals surface area contributed by atoms with Crippen molar-refractivity contribution in [3.63, 3.8) is 0 Å². The first-order valence-electron chi connectivity index (χ1n) is 7.68. The standard InChI is InChI=1S/C9H16.C9H8.Li/c2*1-2-5-9-7-3-6-8(9)4-1;/h8-9H,1-7H2;1-6H,7H2;/q;;+1. The molecule has 3 aliphatic rings. The van der Waals surface area contributed by atoms with Crippen LogP contribution in [0.2, 0.25) is 0 Å². The number of hydrogen-bond acceptors (Lipinski definition) is 0. The van der Waals surface area contributed by atoms with E-state index in [9.17, 15) is 0 Å². The molecule has 2 saturated carbocycles. The molecule has 0 nitrogen and oxygen atoms in total. The number of fused-ring (bicyclic) bond motifs is 2. The van der Waals surface area contributed by atoms with Crippen LogP contribution in [0.3, 0.4) is 0 Å². The molecule has 0 bridgehead atoms. The molecule has 0 aromatic heterocycles. The summed E-state index contributed by atoms with van der Waals surface area (Å²) in [6, 6.07) is 8.49. The van der Waals surface area contributed by atoms with Gasteiger partial charge in [0.2, 0.25) is 0 Å². The van der Waals surface area contributed by atoms with Gasteiger partial charge in [-0.1, -0.05) is 81.4 Å². The fraction of sp³-hybridized carbons (Fsp3) is 0.556. The maximum Gasteiger partial charge on any atom is 1.00 e. The number of hydrogen-bond donors (Lipinski definition) is 0. The van der Waals surface area contributed by atoms with Gasteiger partial charge in [-0.2, -0.15) is 0 Å². The van der Waals surface area contributed by atoms with E-state index in [1.54, 1.807) is 25.7 Å². The summed E-state index contributed by atoms with van der Waals surface area (Å²) in [7, 11) is 0. The summed E-state index contributed by atoms with van der Waals surface area (Å²) in [5.41, 5.74) is 2.84. The Morgan fingerprint density at radius 1 is 0.789 bits per heavy atom. The molecule has 1 heteroatoms. The summed E-state index contributed by atoms with van der Waals surface area (Å²) in [5.74, 6) is 2.33. The first-order valence-corrected chi connectivity index (χ1v) is 7.68. The van der Waals surface area contributed by atoms with Gasteiger partial charge in [-0.15, -0.1) is 0 Å². The van der Waals surface area contributed by atoms with Crippen molar-refractivity contribution in [2.45, 2.75) is 51.4 Å². The van der Waals surface area contributed by atoms with Crippen molar-refractivity contribution in [2.24, 2.45) is 11.8 Å². The van der Waals surface area contributed by atoms with Gasteiger partial charge in [-0.05, 0) is 29.4 Å². The largest absolute Gasteiger partial charge is 1.00 e. The molecule has 1 aromatic rings. The van der Waals surface area contributed by atoms with Crippen LogP contribution in [0.4, 0.5) is 0 Å². The van der Waals surface area contributed by atoms with Gasteiger partial charge in [-0.3, -0.25) is 0 Å². The van der Waals surface area contributed by atoms with E-state index in [2.05, 4.69) is 36.4 Å². The van der Waals surface area contributed by atoms with Gasteiger partial charge in [0, 0.05) is 0 Å². The normalized spacial score (nSPS) is 26.7. The first kappa shape index (κ1) is 15.0. The third-order valence-electron chi connectivity index (χ3n) is 4.91. The zero-order chi connectivity index (χ0) is 12.2. The summed E-state index contributed by atoms with van der Waals surface area (Å²) in [6.07, 6.45) is 16.3. The molecule has 4 rings (SSSR count). The van der Waals surface area contributed by atoms with Crippen molar-refractivity contribution in [1.82, 2.24) is 0 Å². The van der Waals surface area contributed by atoms with Gasteiger partial charge in [0.15, 0.2) is 0 Å². The van der Waals surface area contributed by atoms with Crippen molar-refractivity contribution >= 4 is 6.08 Å². The van der Waals surface area contributed by atoms with E-state index in [0.717, 1.165) is 6.42 Å². The molecule has 19 heavy (non-hydrogen) atoms. The molecule has 2 unspecified atom stereocenters. The second kappa shape index (κ2) is 7.37. The van der Waals surface area contributed by atoms with Crippen molar-refractivity contribution < 1.29 is 18.9 Å². The summed E-state index contributed by atoms with van der Waals surface area (Å²) in [4.78, 5) is 0. The minimum atomic E-state index is 0. The number of rotatable bonds is 0. The molecule has 2 fully saturated rings. The molecule has 0 N–H and O–H groups in total.